The Labute approximate surface area is 112 Å². The van der Waals surface area contributed by atoms with Gasteiger partial charge in [-0.3, -0.25) is 4.68 Å². The molecule has 2 aromatic heterocycles. The van der Waals surface area contributed by atoms with Crippen molar-refractivity contribution in [3.63, 3.8) is 0 Å². The normalized spacial score (nSPS) is 13.2. The molecule has 2 aromatic rings. The summed E-state index contributed by atoms with van der Waals surface area (Å²) in [5, 5.41) is 8.31. The Bertz CT molecular complexity index is 544. The maximum atomic E-state index is 6.01. The van der Waals surface area contributed by atoms with Gasteiger partial charge in [-0.2, -0.15) is 10.1 Å². The molecule has 0 radical (unpaired) electrons. The highest BCUT2D eigenvalue weighted by molar-refractivity contribution is 5.47. The molecule has 7 heteroatoms. The smallest absolute Gasteiger partial charge is 0.276 e. The molecule has 0 saturated carbocycles. The van der Waals surface area contributed by atoms with Crippen LogP contribution >= 0.6 is 0 Å². The van der Waals surface area contributed by atoms with E-state index >= 15 is 0 Å². The first-order chi connectivity index (χ1) is 9.01. The van der Waals surface area contributed by atoms with E-state index in [1.165, 1.54) is 0 Å². The van der Waals surface area contributed by atoms with Gasteiger partial charge < -0.3 is 15.2 Å². The van der Waals surface area contributed by atoms with E-state index in [9.17, 15) is 0 Å². The van der Waals surface area contributed by atoms with Crippen LogP contribution in [0, 0.1) is 6.92 Å². The first-order valence-electron chi connectivity index (χ1n) is 6.30. The summed E-state index contributed by atoms with van der Waals surface area (Å²) in [6, 6.07) is 1.67. The zero-order chi connectivity index (χ0) is 14.0. The van der Waals surface area contributed by atoms with Crippen LogP contribution in [0.4, 0.5) is 0 Å². The zero-order valence-electron chi connectivity index (χ0n) is 11.8. The summed E-state index contributed by atoms with van der Waals surface area (Å²) >= 11 is 0. The predicted molar refractivity (Wildman–Crippen MR) is 71.4 cm³/mol. The predicted octanol–water partition coefficient (Wildman–Crippen LogP) is 0.823. The Morgan fingerprint density at radius 2 is 2.21 bits per heavy atom. The van der Waals surface area contributed by atoms with Gasteiger partial charge in [0.1, 0.15) is 5.69 Å². The molecule has 19 heavy (non-hydrogen) atoms. The second-order valence-corrected chi connectivity index (χ2v) is 4.81. The molecule has 7 nitrogen and oxygen atoms in total. The highest BCUT2D eigenvalue weighted by Gasteiger charge is 2.18. The Hall–Kier alpha value is -1.73. The monoisotopic (exact) mass is 264 g/mol. The molecule has 2 heterocycles. The van der Waals surface area contributed by atoms with E-state index in [1.807, 2.05) is 43.6 Å². The fraction of sp³-hybridized carbons (Fsp3) is 0.583. The van der Waals surface area contributed by atoms with E-state index < -0.39 is 0 Å². The van der Waals surface area contributed by atoms with Crippen molar-refractivity contribution in [1.29, 1.82) is 0 Å². The number of nitrogens with two attached hydrogens (primary N) is 1. The Balaban J connectivity index is 2.25. The van der Waals surface area contributed by atoms with Gasteiger partial charge in [-0.1, -0.05) is 5.16 Å². The van der Waals surface area contributed by atoms with Gasteiger partial charge in [-0.15, -0.1) is 0 Å². The first-order valence-corrected chi connectivity index (χ1v) is 6.30. The number of hydrogen-bond donors (Lipinski definition) is 1. The van der Waals surface area contributed by atoms with Crippen molar-refractivity contribution < 1.29 is 4.52 Å². The van der Waals surface area contributed by atoms with Gasteiger partial charge in [0.05, 0.1) is 11.7 Å². The maximum absolute atomic E-state index is 6.01. The number of likely N-dealkylation sites (N-methyl/N-ethyl adjacent to an activating group) is 1. The van der Waals surface area contributed by atoms with E-state index in [-0.39, 0.29) is 6.04 Å². The molecule has 0 aliphatic heterocycles. The number of nitrogens with zero attached hydrogens (tertiary/aromatic N) is 5. The van der Waals surface area contributed by atoms with Crippen LogP contribution in [0.15, 0.2) is 10.6 Å². The van der Waals surface area contributed by atoms with Gasteiger partial charge in [-0.05, 0) is 34.0 Å². The molecule has 0 spiro atoms. The lowest BCUT2D eigenvalue weighted by Gasteiger charge is -2.12. The van der Waals surface area contributed by atoms with Crippen LogP contribution in [-0.2, 0) is 6.54 Å². The third kappa shape index (κ3) is 2.99. The van der Waals surface area contributed by atoms with Crippen LogP contribution < -0.4 is 5.73 Å². The van der Waals surface area contributed by atoms with Crippen molar-refractivity contribution in [3.05, 3.63) is 17.6 Å². The van der Waals surface area contributed by atoms with Gasteiger partial charge >= 0.3 is 0 Å². The van der Waals surface area contributed by atoms with Crippen molar-refractivity contribution in [2.45, 2.75) is 26.4 Å². The van der Waals surface area contributed by atoms with Gasteiger partial charge in [0.25, 0.3) is 5.89 Å². The molecule has 104 valence electrons. The van der Waals surface area contributed by atoms with Gasteiger partial charge in [0.2, 0.25) is 0 Å². The fourth-order valence-corrected chi connectivity index (χ4v) is 1.92. The molecular formula is C12H20N6O. The number of aryl methyl sites for hydroxylation is 2. The lowest BCUT2D eigenvalue weighted by molar-refractivity contribution is 0.356. The van der Waals surface area contributed by atoms with Crippen LogP contribution in [0.25, 0.3) is 11.6 Å². The standard InChI is InChI=1S/C12H20N6O/c1-5-18-10(6-8(2)15-18)12-14-11(16-19-12)9(13)7-17(3)4/h6,9H,5,7,13H2,1-4H3. The lowest BCUT2D eigenvalue weighted by atomic mass is 10.3. The second kappa shape index (κ2) is 5.50. The highest BCUT2D eigenvalue weighted by atomic mass is 16.5. The average Bonchev–Trinajstić information content (AvgIpc) is 2.93. The minimum atomic E-state index is -0.258. The molecule has 0 fully saturated rings. The highest BCUT2D eigenvalue weighted by Crippen LogP contribution is 2.20. The Morgan fingerprint density at radius 3 is 2.84 bits per heavy atom. The summed E-state index contributed by atoms with van der Waals surface area (Å²) in [6.45, 7) is 5.38. The van der Waals surface area contributed by atoms with Crippen LogP contribution in [-0.4, -0.2) is 45.5 Å². The summed E-state index contributed by atoms with van der Waals surface area (Å²) in [5.41, 5.74) is 7.77. The van der Waals surface area contributed by atoms with Crippen molar-refractivity contribution in [1.82, 2.24) is 24.8 Å². The molecule has 0 aliphatic carbocycles. The third-order valence-electron chi connectivity index (χ3n) is 2.76. The Kier molecular flexibility index (Phi) is 3.96. The van der Waals surface area contributed by atoms with Crippen molar-refractivity contribution in [2.75, 3.05) is 20.6 Å². The zero-order valence-corrected chi connectivity index (χ0v) is 11.8. The molecule has 2 rings (SSSR count). The van der Waals surface area contributed by atoms with Crippen LogP contribution in [0.1, 0.15) is 24.5 Å². The first kappa shape index (κ1) is 13.7. The van der Waals surface area contributed by atoms with E-state index in [1.54, 1.807) is 0 Å². The average molecular weight is 264 g/mol. The molecule has 2 N–H and O–H groups in total. The van der Waals surface area contributed by atoms with Gasteiger partial charge in [0, 0.05) is 13.1 Å². The Morgan fingerprint density at radius 1 is 1.47 bits per heavy atom. The summed E-state index contributed by atoms with van der Waals surface area (Å²) in [6.07, 6.45) is 0. The van der Waals surface area contributed by atoms with Crippen LogP contribution in [0.3, 0.4) is 0 Å². The third-order valence-corrected chi connectivity index (χ3v) is 2.76. The van der Waals surface area contributed by atoms with Crippen molar-refractivity contribution in [2.24, 2.45) is 5.73 Å². The molecule has 0 aliphatic rings. The number of aromatic nitrogens is 4. The summed E-state index contributed by atoms with van der Waals surface area (Å²) in [4.78, 5) is 6.35. The molecule has 0 saturated heterocycles. The van der Waals surface area contributed by atoms with Gasteiger partial charge in [0.15, 0.2) is 5.82 Å². The van der Waals surface area contributed by atoms with Gasteiger partial charge in [-0.25, -0.2) is 0 Å². The summed E-state index contributed by atoms with van der Waals surface area (Å²) < 4.78 is 7.13. The molecule has 0 amide bonds. The number of hydrogen-bond acceptors (Lipinski definition) is 6. The SMILES string of the molecule is CCn1nc(C)cc1-c1nc(C(N)CN(C)C)no1. The number of rotatable bonds is 5. The topological polar surface area (TPSA) is 86.0 Å². The lowest BCUT2D eigenvalue weighted by Crippen LogP contribution is -2.26. The van der Waals surface area contributed by atoms with E-state index in [2.05, 4.69) is 15.2 Å². The minimum Gasteiger partial charge on any atom is -0.332 e. The summed E-state index contributed by atoms with van der Waals surface area (Å²) in [7, 11) is 3.91. The van der Waals surface area contributed by atoms with E-state index in [4.69, 9.17) is 10.3 Å². The van der Waals surface area contributed by atoms with E-state index in [0.717, 1.165) is 17.9 Å². The maximum Gasteiger partial charge on any atom is 0.276 e. The van der Waals surface area contributed by atoms with E-state index in [0.29, 0.717) is 18.3 Å². The molecule has 0 aromatic carbocycles. The van der Waals surface area contributed by atoms with Crippen molar-refractivity contribution in [3.8, 4) is 11.6 Å². The fourth-order valence-electron chi connectivity index (χ4n) is 1.92. The quantitative estimate of drug-likeness (QED) is 0.860. The molecular weight excluding hydrogens is 244 g/mol. The second-order valence-electron chi connectivity index (χ2n) is 4.81. The minimum absolute atomic E-state index is 0.258. The molecule has 1 atom stereocenters. The molecule has 1 unspecified atom stereocenters. The van der Waals surface area contributed by atoms with Crippen LogP contribution in [0.2, 0.25) is 0 Å². The largest absolute Gasteiger partial charge is 0.332 e. The van der Waals surface area contributed by atoms with Crippen LogP contribution in [0.5, 0.6) is 0 Å². The summed E-state index contributed by atoms with van der Waals surface area (Å²) in [5.74, 6) is 0.983. The van der Waals surface area contributed by atoms with Crippen molar-refractivity contribution >= 4 is 0 Å². The molecule has 0 bridgehead atoms.